The van der Waals surface area contributed by atoms with E-state index in [1.54, 1.807) is 0 Å². The topological polar surface area (TPSA) is 3.24 Å². The highest BCUT2D eigenvalue weighted by Gasteiger charge is 2.02. The number of terminal acetylenes is 1. The Morgan fingerprint density at radius 2 is 2.08 bits per heavy atom. The van der Waals surface area contributed by atoms with E-state index in [0.717, 1.165) is 0 Å². The molecule has 0 unspecified atom stereocenters. The van der Waals surface area contributed by atoms with E-state index in [1.165, 1.54) is 16.8 Å². The van der Waals surface area contributed by atoms with Gasteiger partial charge in [0.05, 0.1) is 6.54 Å². The van der Waals surface area contributed by atoms with Crippen molar-refractivity contribution >= 4 is 5.69 Å². The Hall–Kier alpha value is -1.42. The van der Waals surface area contributed by atoms with E-state index in [1.807, 2.05) is 7.05 Å². The van der Waals surface area contributed by atoms with Gasteiger partial charge in [0, 0.05) is 12.7 Å². The summed E-state index contributed by atoms with van der Waals surface area (Å²) in [4.78, 5) is 2.09. The predicted molar refractivity (Wildman–Crippen MR) is 58.0 cm³/mol. The largest absolute Gasteiger partial charge is 0.363 e. The molecule has 0 aromatic heterocycles. The summed E-state index contributed by atoms with van der Waals surface area (Å²) in [6, 6.07) is 6.40. The molecule has 0 saturated carbocycles. The third-order valence-corrected chi connectivity index (χ3v) is 2.10. The smallest absolute Gasteiger partial charge is 0.0788 e. The first-order valence-electron chi connectivity index (χ1n) is 4.37. The Kier molecular flexibility index (Phi) is 2.97. The summed E-state index contributed by atoms with van der Waals surface area (Å²) < 4.78 is 0. The van der Waals surface area contributed by atoms with Gasteiger partial charge < -0.3 is 4.90 Å². The maximum atomic E-state index is 5.26. The van der Waals surface area contributed by atoms with E-state index in [4.69, 9.17) is 6.42 Å². The monoisotopic (exact) mass is 173 g/mol. The summed E-state index contributed by atoms with van der Waals surface area (Å²) in [6.45, 7) is 4.85. The number of benzene rings is 1. The Labute approximate surface area is 80.4 Å². The first-order valence-corrected chi connectivity index (χ1v) is 4.37. The minimum absolute atomic E-state index is 0.657. The summed E-state index contributed by atoms with van der Waals surface area (Å²) in [7, 11) is 2.02. The van der Waals surface area contributed by atoms with Gasteiger partial charge in [-0.3, -0.25) is 0 Å². The van der Waals surface area contributed by atoms with Crippen LogP contribution in [-0.4, -0.2) is 13.6 Å². The molecule has 0 N–H and O–H groups in total. The highest BCUT2D eigenvalue weighted by Crippen LogP contribution is 2.19. The molecule has 1 aromatic rings. The molecule has 0 spiro atoms. The van der Waals surface area contributed by atoms with Crippen LogP contribution in [0.5, 0.6) is 0 Å². The van der Waals surface area contributed by atoms with Gasteiger partial charge >= 0.3 is 0 Å². The second-order valence-corrected chi connectivity index (χ2v) is 3.35. The molecule has 13 heavy (non-hydrogen) atoms. The highest BCUT2D eigenvalue weighted by atomic mass is 15.1. The molecule has 0 atom stereocenters. The van der Waals surface area contributed by atoms with E-state index in [0.29, 0.717) is 6.54 Å². The maximum Gasteiger partial charge on any atom is 0.0788 e. The highest BCUT2D eigenvalue weighted by molar-refractivity contribution is 5.54. The molecule has 68 valence electrons. The molecule has 0 aliphatic rings. The van der Waals surface area contributed by atoms with Crippen molar-refractivity contribution in [2.24, 2.45) is 0 Å². The zero-order valence-electron chi connectivity index (χ0n) is 8.46. The van der Waals surface area contributed by atoms with E-state index >= 15 is 0 Å². The molecular weight excluding hydrogens is 158 g/mol. The van der Waals surface area contributed by atoms with Crippen LogP contribution >= 0.6 is 0 Å². The molecule has 1 rings (SSSR count). The number of hydrogen-bond acceptors (Lipinski definition) is 1. The normalized spacial score (nSPS) is 9.38. The van der Waals surface area contributed by atoms with Gasteiger partial charge in [-0.05, 0) is 31.0 Å². The maximum absolute atomic E-state index is 5.26. The Bertz CT molecular complexity index is 333. The molecule has 1 heteroatoms. The molecule has 0 aliphatic heterocycles. The predicted octanol–water partition coefficient (Wildman–Crippen LogP) is 2.37. The molecule has 1 nitrogen and oxygen atoms in total. The number of aryl methyl sites for hydroxylation is 2. The van der Waals surface area contributed by atoms with Crippen LogP contribution in [0, 0.1) is 26.2 Å². The average molecular weight is 173 g/mol. The van der Waals surface area contributed by atoms with Crippen LogP contribution in [0.1, 0.15) is 11.1 Å². The van der Waals surface area contributed by atoms with Crippen molar-refractivity contribution in [3.8, 4) is 12.3 Å². The Balaban J connectivity index is 3.00. The van der Waals surface area contributed by atoms with Crippen LogP contribution in [0.4, 0.5) is 5.69 Å². The van der Waals surface area contributed by atoms with Crippen molar-refractivity contribution in [2.45, 2.75) is 13.8 Å². The zero-order chi connectivity index (χ0) is 9.84. The quantitative estimate of drug-likeness (QED) is 0.621. The lowest BCUT2D eigenvalue weighted by Crippen LogP contribution is -2.18. The number of anilines is 1. The molecule has 0 saturated heterocycles. The fraction of sp³-hybridized carbons (Fsp3) is 0.333. The van der Waals surface area contributed by atoms with E-state index in [9.17, 15) is 0 Å². The van der Waals surface area contributed by atoms with Crippen molar-refractivity contribution in [1.29, 1.82) is 0 Å². The summed E-state index contributed by atoms with van der Waals surface area (Å²) >= 11 is 0. The first kappa shape index (κ1) is 9.67. The molecule has 0 heterocycles. The summed E-state index contributed by atoms with van der Waals surface area (Å²) in [5, 5.41) is 0. The van der Waals surface area contributed by atoms with Gasteiger partial charge in [-0.2, -0.15) is 0 Å². The van der Waals surface area contributed by atoms with Crippen molar-refractivity contribution < 1.29 is 0 Å². The summed E-state index contributed by atoms with van der Waals surface area (Å²) in [6.07, 6.45) is 5.26. The van der Waals surface area contributed by atoms with Crippen LogP contribution in [0.15, 0.2) is 18.2 Å². The second-order valence-electron chi connectivity index (χ2n) is 3.35. The number of hydrogen-bond donors (Lipinski definition) is 0. The molecule has 0 amide bonds. The van der Waals surface area contributed by atoms with Crippen LogP contribution < -0.4 is 4.90 Å². The summed E-state index contributed by atoms with van der Waals surface area (Å²) in [5.74, 6) is 2.64. The first-order chi connectivity index (χ1) is 6.15. The van der Waals surface area contributed by atoms with Gasteiger partial charge in [0.15, 0.2) is 0 Å². The molecule has 0 bridgehead atoms. The fourth-order valence-corrected chi connectivity index (χ4v) is 1.35. The van der Waals surface area contributed by atoms with Crippen molar-refractivity contribution in [2.75, 3.05) is 18.5 Å². The Morgan fingerprint density at radius 3 is 2.69 bits per heavy atom. The van der Waals surface area contributed by atoms with Crippen molar-refractivity contribution in [1.82, 2.24) is 0 Å². The van der Waals surface area contributed by atoms with E-state index in [2.05, 4.69) is 42.9 Å². The van der Waals surface area contributed by atoms with Gasteiger partial charge in [-0.15, -0.1) is 6.42 Å². The minimum atomic E-state index is 0.657. The molecule has 1 aromatic carbocycles. The standard InChI is InChI=1S/C12H15N/c1-5-8-13(4)12-9-10(2)6-7-11(12)3/h1,6-7,9H,8H2,2-4H3. The van der Waals surface area contributed by atoms with Crippen LogP contribution in [-0.2, 0) is 0 Å². The van der Waals surface area contributed by atoms with Crippen molar-refractivity contribution in [3.63, 3.8) is 0 Å². The molecular formula is C12H15N. The van der Waals surface area contributed by atoms with E-state index < -0.39 is 0 Å². The fourth-order valence-electron chi connectivity index (χ4n) is 1.35. The zero-order valence-corrected chi connectivity index (χ0v) is 8.46. The van der Waals surface area contributed by atoms with E-state index in [-0.39, 0.29) is 0 Å². The van der Waals surface area contributed by atoms with Crippen LogP contribution in [0.3, 0.4) is 0 Å². The average Bonchev–Trinajstić information content (AvgIpc) is 2.09. The number of rotatable bonds is 2. The SMILES string of the molecule is C#CCN(C)c1cc(C)ccc1C. The van der Waals surface area contributed by atoms with Gasteiger partial charge in [0.1, 0.15) is 0 Å². The van der Waals surface area contributed by atoms with Gasteiger partial charge in [0.2, 0.25) is 0 Å². The minimum Gasteiger partial charge on any atom is -0.363 e. The lowest BCUT2D eigenvalue weighted by Gasteiger charge is -2.19. The lowest BCUT2D eigenvalue weighted by molar-refractivity contribution is 1.04. The van der Waals surface area contributed by atoms with Crippen LogP contribution in [0.2, 0.25) is 0 Å². The molecule has 0 aliphatic carbocycles. The number of nitrogens with zero attached hydrogens (tertiary/aromatic N) is 1. The molecule has 0 radical (unpaired) electrons. The van der Waals surface area contributed by atoms with Gasteiger partial charge in [0.25, 0.3) is 0 Å². The van der Waals surface area contributed by atoms with Crippen LogP contribution in [0.25, 0.3) is 0 Å². The van der Waals surface area contributed by atoms with Gasteiger partial charge in [-0.1, -0.05) is 18.1 Å². The molecule has 0 fully saturated rings. The third-order valence-electron chi connectivity index (χ3n) is 2.10. The third kappa shape index (κ3) is 2.26. The lowest BCUT2D eigenvalue weighted by atomic mass is 10.1. The Morgan fingerprint density at radius 1 is 1.38 bits per heavy atom. The second kappa shape index (κ2) is 4.00. The van der Waals surface area contributed by atoms with Crippen molar-refractivity contribution in [3.05, 3.63) is 29.3 Å². The summed E-state index contributed by atoms with van der Waals surface area (Å²) in [5.41, 5.74) is 3.76. The van der Waals surface area contributed by atoms with Gasteiger partial charge in [-0.25, -0.2) is 0 Å².